The first-order chi connectivity index (χ1) is 9.17. The van der Waals surface area contributed by atoms with Gasteiger partial charge in [0.2, 0.25) is 0 Å². The van der Waals surface area contributed by atoms with Crippen molar-refractivity contribution in [2.45, 2.75) is 51.9 Å². The van der Waals surface area contributed by atoms with Crippen LogP contribution in [-0.4, -0.2) is 22.8 Å². The summed E-state index contributed by atoms with van der Waals surface area (Å²) >= 11 is 5.80. The molecule has 0 saturated heterocycles. The second-order valence-corrected chi connectivity index (χ2v) is 6.29. The Kier molecular flexibility index (Phi) is 5.84. The predicted octanol–water partition coefficient (Wildman–Crippen LogP) is 3.68. The van der Waals surface area contributed by atoms with Crippen molar-refractivity contribution in [3.05, 3.63) is 34.9 Å². The zero-order valence-electron chi connectivity index (χ0n) is 12.3. The van der Waals surface area contributed by atoms with Gasteiger partial charge in [0.15, 0.2) is 0 Å². The molecule has 0 aliphatic rings. The lowest BCUT2D eigenvalue weighted by atomic mass is 10.0. The minimum absolute atomic E-state index is 0.199. The molecule has 20 heavy (non-hydrogen) atoms. The molecule has 0 aliphatic carbocycles. The van der Waals surface area contributed by atoms with Crippen molar-refractivity contribution >= 4 is 17.7 Å². The molecular formula is C15H22ClNO3. The zero-order valence-corrected chi connectivity index (χ0v) is 13.1. The molecule has 112 valence electrons. The maximum atomic E-state index is 11.6. The van der Waals surface area contributed by atoms with Crippen LogP contribution in [0.3, 0.4) is 0 Å². The molecule has 1 aromatic rings. The molecule has 2 atom stereocenters. The summed E-state index contributed by atoms with van der Waals surface area (Å²) in [7, 11) is 0. The van der Waals surface area contributed by atoms with E-state index in [0.717, 1.165) is 5.56 Å². The summed E-state index contributed by atoms with van der Waals surface area (Å²) in [6.45, 7) is 7.24. The molecule has 4 nitrogen and oxygen atoms in total. The third-order valence-corrected chi connectivity index (χ3v) is 2.85. The van der Waals surface area contributed by atoms with E-state index in [-0.39, 0.29) is 6.04 Å². The predicted molar refractivity (Wildman–Crippen MR) is 79.9 cm³/mol. The smallest absolute Gasteiger partial charge is 0.407 e. The van der Waals surface area contributed by atoms with Crippen molar-refractivity contribution in [3.8, 4) is 0 Å². The van der Waals surface area contributed by atoms with Crippen LogP contribution in [0.4, 0.5) is 4.79 Å². The van der Waals surface area contributed by atoms with Gasteiger partial charge in [0.25, 0.3) is 0 Å². The third kappa shape index (κ3) is 6.26. The molecule has 0 fully saturated rings. The van der Waals surface area contributed by atoms with E-state index in [1.165, 1.54) is 0 Å². The second-order valence-electron chi connectivity index (χ2n) is 5.85. The van der Waals surface area contributed by atoms with Gasteiger partial charge in [-0.1, -0.05) is 23.7 Å². The SMILES string of the molecule is CC(CC(O)c1ccc(Cl)cc1)NC(=O)OC(C)(C)C. The van der Waals surface area contributed by atoms with Gasteiger partial charge in [-0.05, 0) is 51.8 Å². The standard InChI is InChI=1S/C15H22ClNO3/c1-10(17-14(19)20-15(2,3)4)9-13(18)11-5-7-12(16)8-6-11/h5-8,10,13,18H,9H2,1-4H3,(H,17,19). The fourth-order valence-corrected chi connectivity index (χ4v) is 1.85. The van der Waals surface area contributed by atoms with E-state index in [9.17, 15) is 9.90 Å². The second kappa shape index (κ2) is 6.95. The van der Waals surface area contributed by atoms with Crippen LogP contribution in [0, 0.1) is 0 Å². The Morgan fingerprint density at radius 2 is 1.90 bits per heavy atom. The van der Waals surface area contributed by atoms with E-state index >= 15 is 0 Å². The molecule has 0 heterocycles. The number of carbonyl (C=O) groups is 1. The number of rotatable bonds is 4. The van der Waals surface area contributed by atoms with Crippen LogP contribution < -0.4 is 5.32 Å². The molecule has 1 aromatic carbocycles. The lowest BCUT2D eigenvalue weighted by Gasteiger charge is -2.23. The summed E-state index contributed by atoms with van der Waals surface area (Å²) in [6.07, 6.45) is -0.730. The van der Waals surface area contributed by atoms with Gasteiger partial charge in [-0.25, -0.2) is 4.79 Å². The maximum Gasteiger partial charge on any atom is 0.407 e. The average molecular weight is 300 g/mol. The van der Waals surface area contributed by atoms with Crippen molar-refractivity contribution in [2.75, 3.05) is 0 Å². The number of halogens is 1. The van der Waals surface area contributed by atoms with E-state index in [4.69, 9.17) is 16.3 Å². The minimum atomic E-state index is -0.655. The van der Waals surface area contributed by atoms with Crippen LogP contribution in [0.25, 0.3) is 0 Å². The molecular weight excluding hydrogens is 278 g/mol. The van der Waals surface area contributed by atoms with Gasteiger partial charge >= 0.3 is 6.09 Å². The van der Waals surface area contributed by atoms with E-state index in [1.807, 2.05) is 6.92 Å². The van der Waals surface area contributed by atoms with Crippen molar-refractivity contribution in [1.82, 2.24) is 5.32 Å². The van der Waals surface area contributed by atoms with Crippen LogP contribution >= 0.6 is 11.6 Å². The van der Waals surface area contributed by atoms with Crippen molar-refractivity contribution in [3.63, 3.8) is 0 Å². The number of aliphatic hydroxyl groups is 1. The average Bonchev–Trinajstić information content (AvgIpc) is 2.26. The Morgan fingerprint density at radius 1 is 1.35 bits per heavy atom. The molecule has 1 amide bonds. The van der Waals surface area contributed by atoms with Crippen LogP contribution in [0.1, 0.15) is 45.8 Å². The molecule has 0 spiro atoms. The number of aliphatic hydroxyl groups excluding tert-OH is 1. The Bertz CT molecular complexity index is 439. The molecule has 2 unspecified atom stereocenters. The largest absolute Gasteiger partial charge is 0.444 e. The fourth-order valence-electron chi connectivity index (χ4n) is 1.72. The van der Waals surface area contributed by atoms with Gasteiger partial charge in [0.05, 0.1) is 6.10 Å². The van der Waals surface area contributed by atoms with Crippen LogP contribution in [-0.2, 0) is 4.74 Å². The first-order valence-corrected chi connectivity index (χ1v) is 6.98. The Hall–Kier alpha value is -1.26. The van der Waals surface area contributed by atoms with Gasteiger partial charge in [0.1, 0.15) is 5.60 Å². The molecule has 0 saturated carbocycles. The fraction of sp³-hybridized carbons (Fsp3) is 0.533. The summed E-state index contributed by atoms with van der Waals surface area (Å²) in [5.41, 5.74) is 0.241. The Labute approximate surface area is 125 Å². The summed E-state index contributed by atoms with van der Waals surface area (Å²) in [5.74, 6) is 0. The van der Waals surface area contributed by atoms with Gasteiger partial charge in [-0.3, -0.25) is 0 Å². The highest BCUT2D eigenvalue weighted by molar-refractivity contribution is 6.30. The highest BCUT2D eigenvalue weighted by Gasteiger charge is 2.19. The van der Waals surface area contributed by atoms with Crippen molar-refractivity contribution in [1.29, 1.82) is 0 Å². The number of alkyl carbamates (subject to hydrolysis) is 1. The van der Waals surface area contributed by atoms with E-state index in [1.54, 1.807) is 45.0 Å². The van der Waals surface area contributed by atoms with Crippen LogP contribution in [0.2, 0.25) is 5.02 Å². The number of hydrogen-bond donors (Lipinski definition) is 2. The summed E-state index contributed by atoms with van der Waals surface area (Å²) in [5, 5.41) is 13.4. The van der Waals surface area contributed by atoms with Gasteiger partial charge in [-0.2, -0.15) is 0 Å². The number of ether oxygens (including phenoxy) is 1. The number of nitrogens with one attached hydrogen (secondary N) is 1. The summed E-state index contributed by atoms with van der Waals surface area (Å²) in [6, 6.07) is 6.80. The minimum Gasteiger partial charge on any atom is -0.444 e. The van der Waals surface area contributed by atoms with Crippen LogP contribution in [0.15, 0.2) is 24.3 Å². The first-order valence-electron chi connectivity index (χ1n) is 6.60. The van der Waals surface area contributed by atoms with Gasteiger partial charge in [0, 0.05) is 11.1 Å². The molecule has 0 bridgehead atoms. The van der Waals surface area contributed by atoms with E-state index < -0.39 is 17.8 Å². The molecule has 2 N–H and O–H groups in total. The first kappa shape index (κ1) is 16.8. The molecule has 5 heteroatoms. The lowest BCUT2D eigenvalue weighted by molar-refractivity contribution is 0.0489. The van der Waals surface area contributed by atoms with E-state index in [0.29, 0.717) is 11.4 Å². The normalized spacial score (nSPS) is 14.5. The zero-order chi connectivity index (χ0) is 15.3. The Balaban J connectivity index is 2.47. The quantitative estimate of drug-likeness (QED) is 0.891. The topological polar surface area (TPSA) is 58.6 Å². The molecule has 0 aliphatic heterocycles. The van der Waals surface area contributed by atoms with Crippen molar-refractivity contribution in [2.24, 2.45) is 0 Å². The van der Waals surface area contributed by atoms with Crippen molar-refractivity contribution < 1.29 is 14.6 Å². The third-order valence-electron chi connectivity index (χ3n) is 2.59. The van der Waals surface area contributed by atoms with Crippen LogP contribution in [0.5, 0.6) is 0 Å². The van der Waals surface area contributed by atoms with Gasteiger partial charge in [-0.15, -0.1) is 0 Å². The van der Waals surface area contributed by atoms with Gasteiger partial charge < -0.3 is 15.2 Å². The summed E-state index contributed by atoms with van der Waals surface area (Å²) in [4.78, 5) is 11.6. The number of benzene rings is 1. The number of carbonyl (C=O) groups excluding carboxylic acids is 1. The molecule has 0 radical (unpaired) electrons. The molecule has 0 aromatic heterocycles. The Morgan fingerprint density at radius 3 is 2.40 bits per heavy atom. The number of hydrogen-bond acceptors (Lipinski definition) is 3. The monoisotopic (exact) mass is 299 g/mol. The molecule has 1 rings (SSSR count). The lowest BCUT2D eigenvalue weighted by Crippen LogP contribution is -2.38. The number of amides is 1. The maximum absolute atomic E-state index is 11.6. The highest BCUT2D eigenvalue weighted by Crippen LogP contribution is 2.20. The van der Waals surface area contributed by atoms with E-state index in [2.05, 4.69) is 5.32 Å². The highest BCUT2D eigenvalue weighted by atomic mass is 35.5. The summed E-state index contributed by atoms with van der Waals surface area (Å²) < 4.78 is 5.16.